The molecule has 0 atom stereocenters. The minimum atomic E-state index is -5.28. The van der Waals surface area contributed by atoms with Gasteiger partial charge in [-0.3, -0.25) is 9.11 Å². The standard InChI is InChI=1S/C32H22F2N6O8S2/c33-23-9-13(1-5-19(23)25-21-11-15(35)3-7-17(21)29(41)27(39-37)31(25)49(43,44)45)14-2-6-20(24(34)10-14)26-22-12-16(36)4-8-18(22)30(42)28(40-38)32(26)50(46,47)48/h1-12,37-38,41-42H,35-36H2,(H,43,44,45)(H,46,47,48)/b39-37+,40-38+. The Hall–Kier alpha value is -6.08. The molecule has 0 saturated heterocycles. The molecule has 0 heterocycles. The van der Waals surface area contributed by atoms with Crippen molar-refractivity contribution < 1.29 is 47.8 Å². The highest BCUT2D eigenvalue weighted by Crippen LogP contribution is 2.50. The summed E-state index contributed by atoms with van der Waals surface area (Å²) in [6, 6.07) is 14.3. The second-order valence-corrected chi connectivity index (χ2v) is 13.7. The molecule has 10 N–H and O–H groups in total. The van der Waals surface area contributed by atoms with E-state index in [4.69, 9.17) is 14.3 Å². The van der Waals surface area contributed by atoms with Gasteiger partial charge in [0.2, 0.25) is 2.82 Å². The predicted octanol–water partition coefficient (Wildman–Crippen LogP) is 7.67. The Labute approximate surface area is 283 Å². The highest BCUT2D eigenvalue weighted by Gasteiger charge is 2.31. The molecule has 6 aromatic carbocycles. The maximum absolute atomic E-state index is 16.1. The number of anilines is 2. The van der Waals surface area contributed by atoms with E-state index in [2.05, 4.69) is 21.3 Å². The molecule has 0 bridgehead atoms. The normalized spacial score (nSPS) is 13.0. The quantitative estimate of drug-likeness (QED) is 0.0452. The molecule has 0 fully saturated rings. The molecule has 6 aromatic rings. The van der Waals surface area contributed by atoms with E-state index in [0.29, 0.717) is 0 Å². The van der Waals surface area contributed by atoms with Gasteiger partial charge < -0.3 is 21.7 Å². The lowest BCUT2D eigenvalue weighted by Crippen LogP contribution is -2.04. The second-order valence-electron chi connectivity index (χ2n) is 11.0. The summed E-state index contributed by atoms with van der Waals surface area (Å²) in [6.45, 7) is 0. The zero-order chi connectivity index (χ0) is 37.9. The Bertz CT molecular complexity index is 2610. The van der Waals surface area contributed by atoms with Crippen LogP contribution in [0.25, 0.3) is 54.9 Å². The fourth-order valence-electron chi connectivity index (χ4n) is 5.92. The second kappa shape index (κ2) is 11.8. The highest BCUT2D eigenvalue weighted by atomic mass is 32.2. The first kappa shape index (κ1) is 31.2. The molecule has 50 heavy (non-hydrogen) atoms. The molecule has 14 nitrogen and oxygen atoms in total. The van der Waals surface area contributed by atoms with Crippen molar-refractivity contribution in [3.8, 4) is 44.9 Å². The summed E-state index contributed by atoms with van der Waals surface area (Å²) in [7, 11) is -10.6. The topological polar surface area (TPSA) is 274 Å². The lowest BCUT2D eigenvalue weighted by molar-refractivity contribution is 0.471. The third kappa shape index (κ3) is 5.41. The van der Waals surface area contributed by atoms with Crippen LogP contribution in [0.4, 0.5) is 31.5 Å². The highest BCUT2D eigenvalue weighted by molar-refractivity contribution is 7.86. The largest absolute Gasteiger partial charge is 0.505 e. The van der Waals surface area contributed by atoms with E-state index in [1.807, 2.05) is 0 Å². The number of nitrogens with zero attached hydrogens (tertiary/aromatic N) is 2. The van der Waals surface area contributed by atoms with E-state index in [1.54, 1.807) is 0 Å². The van der Waals surface area contributed by atoms with Crippen LogP contribution in [0.2, 0.25) is 2.82 Å². The molecule has 0 amide bonds. The zero-order valence-electron chi connectivity index (χ0n) is 26.9. The minimum Gasteiger partial charge on any atom is -0.505 e. The van der Waals surface area contributed by atoms with E-state index in [1.165, 1.54) is 48.5 Å². The van der Waals surface area contributed by atoms with Crippen molar-refractivity contribution in [2.24, 2.45) is 10.2 Å². The fourth-order valence-corrected chi connectivity index (χ4v) is 7.64. The van der Waals surface area contributed by atoms with Crippen molar-refractivity contribution in [3.05, 3.63) is 84.4 Å². The van der Waals surface area contributed by atoms with E-state index in [-0.39, 0.29) is 44.0 Å². The van der Waals surface area contributed by atoms with Gasteiger partial charge in [0, 0.05) is 44.4 Å². The Balaban J connectivity index is 1.58. The van der Waals surface area contributed by atoms with Crippen molar-refractivity contribution in [1.29, 1.82) is 11.0 Å². The number of hydrogen-bond donors (Lipinski definition) is 8. The number of fused-ring (bicyclic) bond motifs is 2. The van der Waals surface area contributed by atoms with Crippen LogP contribution >= 0.6 is 0 Å². The summed E-state index contributed by atoms with van der Waals surface area (Å²) in [6.07, 6.45) is 0. The first-order valence-electron chi connectivity index (χ1n) is 14.8. The summed E-state index contributed by atoms with van der Waals surface area (Å²) in [5.41, 5.74) is 14.0. The Morgan fingerprint density at radius 1 is 0.600 bits per heavy atom. The third-order valence-corrected chi connectivity index (χ3v) is 9.82. The molecule has 0 aromatic heterocycles. The fraction of sp³-hybridized carbons (Fsp3) is 0. The molecular weight excluding hydrogens is 699 g/mol. The molecule has 0 aliphatic heterocycles. The van der Waals surface area contributed by atoms with E-state index >= 15 is 8.78 Å². The first-order valence-corrected chi connectivity index (χ1v) is 16.8. The van der Waals surface area contributed by atoms with Crippen molar-refractivity contribution in [2.75, 3.05) is 11.5 Å². The van der Waals surface area contributed by atoms with Gasteiger partial charge in [0.25, 0.3) is 20.2 Å². The van der Waals surface area contributed by atoms with Gasteiger partial charge in [-0.05, 0) is 70.4 Å². The average molecular weight is 721 g/mol. The lowest BCUT2D eigenvalue weighted by atomic mass is 9.92. The van der Waals surface area contributed by atoms with Crippen LogP contribution in [-0.2, 0) is 20.2 Å². The smallest absolute Gasteiger partial charge is 0.297 e. The van der Waals surface area contributed by atoms with Crippen LogP contribution < -0.4 is 11.5 Å². The van der Waals surface area contributed by atoms with Gasteiger partial charge in [0.15, 0.2) is 11.5 Å². The van der Waals surface area contributed by atoms with Crippen LogP contribution in [0.3, 0.4) is 0 Å². The van der Waals surface area contributed by atoms with E-state index < -0.39 is 86.8 Å². The van der Waals surface area contributed by atoms with Crippen LogP contribution in [0.5, 0.6) is 11.5 Å². The molecule has 0 unspecified atom stereocenters. The number of phenolic OH excluding ortho intramolecular Hbond substituents is 2. The number of hydrogen-bond acceptors (Lipinski definition) is 12. The van der Waals surface area contributed by atoms with Crippen molar-refractivity contribution >= 4 is 64.5 Å². The number of aromatic hydroxyl groups is 2. The van der Waals surface area contributed by atoms with Gasteiger partial charge in [0.05, 0.1) is 0 Å². The maximum atomic E-state index is 16.1. The number of rotatable bonds is 7. The number of benzene rings is 6. The van der Waals surface area contributed by atoms with Gasteiger partial charge in [-0.15, -0.1) is 0 Å². The zero-order valence-corrected chi connectivity index (χ0v) is 26.5. The number of phenols is 2. The summed E-state index contributed by atoms with van der Waals surface area (Å²) in [5.74, 6) is -3.78. The van der Waals surface area contributed by atoms with Gasteiger partial charge >= 0.3 is 0 Å². The average Bonchev–Trinajstić information content (AvgIpc) is 3.06. The van der Waals surface area contributed by atoms with Crippen LogP contribution in [0, 0.1) is 22.7 Å². The molecule has 18 heteroatoms. The molecular formula is C32H22F2N6O8S2. The van der Waals surface area contributed by atoms with Crippen LogP contribution in [-0.4, -0.2) is 36.2 Å². The molecule has 0 radical (unpaired) electrons. The van der Waals surface area contributed by atoms with Crippen molar-refractivity contribution in [3.63, 3.8) is 0 Å². The van der Waals surface area contributed by atoms with Crippen LogP contribution in [0.1, 0.15) is 0 Å². The summed E-state index contributed by atoms with van der Waals surface area (Å²) >= 11 is 0. The molecule has 0 spiro atoms. The van der Waals surface area contributed by atoms with Crippen molar-refractivity contribution in [2.45, 2.75) is 9.79 Å². The van der Waals surface area contributed by atoms with Gasteiger partial charge in [-0.1, -0.05) is 24.3 Å². The van der Waals surface area contributed by atoms with E-state index in [0.717, 1.165) is 24.3 Å². The van der Waals surface area contributed by atoms with Crippen molar-refractivity contribution in [1.82, 2.24) is 0 Å². The number of nitrogen functional groups attached to an aromatic ring is 2. The van der Waals surface area contributed by atoms with Crippen LogP contribution in [0.15, 0.2) is 92.8 Å². The minimum absolute atomic E-state index is 0.0206. The lowest BCUT2D eigenvalue weighted by Gasteiger charge is -2.18. The maximum Gasteiger partial charge on any atom is 0.297 e. The summed E-state index contributed by atoms with van der Waals surface area (Å²) in [5, 5.41) is 27.9. The first-order chi connectivity index (χ1) is 24.5. The number of nitrogens with one attached hydrogen (secondary N) is 2. The molecule has 0 saturated carbocycles. The van der Waals surface area contributed by atoms with E-state index in [9.17, 15) is 36.2 Å². The molecule has 254 valence electrons. The number of halogens is 2. The Morgan fingerprint density at radius 2 is 0.980 bits per heavy atom. The van der Waals surface area contributed by atoms with Gasteiger partial charge in [0.1, 0.15) is 32.8 Å². The monoisotopic (exact) mass is 720 g/mol. The molecule has 0 aliphatic carbocycles. The molecule has 6 rings (SSSR count). The predicted molar refractivity (Wildman–Crippen MR) is 179 cm³/mol. The summed E-state index contributed by atoms with van der Waals surface area (Å²) in [4.78, 5) is -2.14. The van der Waals surface area contributed by atoms with Gasteiger partial charge in [-0.25, -0.2) is 19.8 Å². The number of nitrogens with two attached hydrogens (primary N) is 2. The SMILES string of the molecule is [H]/N=N/c1c(S(=O)(=O)O)c(-c2ccc(-c3ccc(-c4c(S(=O)(=O)O)c(/N=N/[H])c(O)c5ccc(N)cc45)c(F)c3)cc2F)c2cc(N)ccc2c1O. The Kier molecular flexibility index (Phi) is 7.37. The van der Waals surface area contributed by atoms with Gasteiger partial charge in [-0.2, -0.15) is 27.1 Å². The molecule has 0 aliphatic rings. The third-order valence-electron chi connectivity index (χ3n) is 8.00. The Morgan fingerprint density at radius 3 is 1.30 bits per heavy atom. The summed E-state index contributed by atoms with van der Waals surface area (Å²) < 4.78 is 117.